The summed E-state index contributed by atoms with van der Waals surface area (Å²) >= 11 is 1.65. The van der Waals surface area contributed by atoms with Crippen LogP contribution in [0.15, 0.2) is 18.2 Å². The summed E-state index contributed by atoms with van der Waals surface area (Å²) < 4.78 is 18.5. The van der Waals surface area contributed by atoms with Gasteiger partial charge < -0.3 is 14.0 Å². The fourth-order valence-corrected chi connectivity index (χ4v) is 3.29. The van der Waals surface area contributed by atoms with E-state index in [1.807, 2.05) is 12.1 Å². The molecule has 0 spiro atoms. The highest BCUT2D eigenvalue weighted by molar-refractivity contribution is 7.18. The lowest BCUT2D eigenvalue weighted by Crippen LogP contribution is -2.41. The fourth-order valence-electron chi connectivity index (χ4n) is 2.30. The van der Waals surface area contributed by atoms with Gasteiger partial charge in [-0.25, -0.2) is 4.98 Å². The summed E-state index contributed by atoms with van der Waals surface area (Å²) in [5.74, 6) is 0. The van der Waals surface area contributed by atoms with Gasteiger partial charge in [0.15, 0.2) is 0 Å². The van der Waals surface area contributed by atoms with Gasteiger partial charge in [-0.15, -0.1) is 11.3 Å². The van der Waals surface area contributed by atoms with Crippen molar-refractivity contribution in [2.24, 2.45) is 0 Å². The molecule has 1 saturated heterocycles. The predicted molar refractivity (Wildman–Crippen MR) is 86.0 cm³/mol. The van der Waals surface area contributed by atoms with Gasteiger partial charge >= 0.3 is 7.12 Å². The number of nitrogens with zero attached hydrogens (tertiary/aromatic N) is 1. The molecule has 0 radical (unpaired) electrons. The van der Waals surface area contributed by atoms with Crippen LogP contribution in [0.1, 0.15) is 32.7 Å². The van der Waals surface area contributed by atoms with Crippen LogP contribution in [0.4, 0.5) is 0 Å². The van der Waals surface area contributed by atoms with E-state index >= 15 is 0 Å². The molecule has 1 aliphatic rings. The van der Waals surface area contributed by atoms with E-state index in [2.05, 4.69) is 38.7 Å². The second kappa shape index (κ2) is 5.05. The van der Waals surface area contributed by atoms with Gasteiger partial charge in [-0.2, -0.15) is 0 Å². The number of benzene rings is 1. The van der Waals surface area contributed by atoms with Crippen molar-refractivity contribution in [3.63, 3.8) is 0 Å². The Bertz CT molecular complexity index is 652. The molecule has 0 saturated carbocycles. The number of rotatable bonds is 3. The molecule has 0 amide bonds. The lowest BCUT2D eigenvalue weighted by molar-refractivity contribution is 0.00578. The first kappa shape index (κ1) is 15.0. The molecule has 0 bridgehead atoms. The zero-order valence-corrected chi connectivity index (χ0v) is 13.9. The van der Waals surface area contributed by atoms with E-state index in [-0.39, 0.29) is 18.3 Å². The molecule has 0 aliphatic carbocycles. The molecule has 2 aromatic rings. The van der Waals surface area contributed by atoms with Crippen molar-refractivity contribution in [3.05, 3.63) is 23.2 Å². The minimum absolute atomic E-state index is 0.318. The molecule has 1 aliphatic heterocycles. The maximum atomic E-state index is 6.09. The van der Waals surface area contributed by atoms with Crippen LogP contribution in [0.25, 0.3) is 10.2 Å². The molecule has 0 unspecified atom stereocenters. The van der Waals surface area contributed by atoms with Gasteiger partial charge in [0.25, 0.3) is 0 Å². The van der Waals surface area contributed by atoms with Crippen LogP contribution < -0.4 is 5.46 Å². The number of ether oxygens (including phenoxy) is 1. The molecule has 6 heteroatoms. The summed E-state index contributed by atoms with van der Waals surface area (Å²) in [6.45, 7) is 8.80. The lowest BCUT2D eigenvalue weighted by Gasteiger charge is -2.32. The average molecular weight is 305 g/mol. The summed E-state index contributed by atoms with van der Waals surface area (Å²) in [5, 5.41) is 0.985. The number of methoxy groups -OCH3 is 1. The van der Waals surface area contributed by atoms with E-state index in [0.29, 0.717) is 6.61 Å². The fraction of sp³-hybridized carbons (Fsp3) is 0.533. The topological polar surface area (TPSA) is 40.6 Å². The van der Waals surface area contributed by atoms with Crippen molar-refractivity contribution < 1.29 is 14.0 Å². The maximum absolute atomic E-state index is 6.09. The van der Waals surface area contributed by atoms with E-state index in [9.17, 15) is 0 Å². The summed E-state index contributed by atoms with van der Waals surface area (Å²) in [4.78, 5) is 4.54. The van der Waals surface area contributed by atoms with Crippen LogP contribution in [-0.2, 0) is 20.7 Å². The second-order valence-corrected chi connectivity index (χ2v) is 7.47. The van der Waals surface area contributed by atoms with Crippen molar-refractivity contribution in [1.29, 1.82) is 0 Å². The number of hydrogen-bond donors (Lipinski definition) is 0. The van der Waals surface area contributed by atoms with E-state index in [1.165, 1.54) is 0 Å². The standard InChI is InChI=1S/C15H20BNO3S/c1-14(2)15(3,4)20-16(19-14)10-6-7-11-12(8-10)21-13(17-11)9-18-5/h6-8H,9H2,1-5H3. The van der Waals surface area contributed by atoms with E-state index in [4.69, 9.17) is 14.0 Å². The second-order valence-electron chi connectivity index (χ2n) is 6.36. The molecule has 21 heavy (non-hydrogen) atoms. The summed E-state index contributed by atoms with van der Waals surface area (Å²) in [7, 11) is 1.36. The van der Waals surface area contributed by atoms with E-state index in [1.54, 1.807) is 18.4 Å². The normalized spacial score (nSPS) is 20.3. The summed E-state index contributed by atoms with van der Waals surface area (Å²) in [6.07, 6.45) is 0. The van der Waals surface area contributed by atoms with Crippen LogP contribution in [0, 0.1) is 0 Å². The van der Waals surface area contributed by atoms with Gasteiger partial charge in [0.05, 0.1) is 28.0 Å². The highest BCUT2D eigenvalue weighted by Gasteiger charge is 2.51. The van der Waals surface area contributed by atoms with Crippen LogP contribution in [0.5, 0.6) is 0 Å². The van der Waals surface area contributed by atoms with Gasteiger partial charge in [0.1, 0.15) is 5.01 Å². The monoisotopic (exact) mass is 305 g/mol. The van der Waals surface area contributed by atoms with Gasteiger partial charge in [0.2, 0.25) is 0 Å². The van der Waals surface area contributed by atoms with Crippen LogP contribution in [0.2, 0.25) is 0 Å². The number of hydrogen-bond acceptors (Lipinski definition) is 5. The average Bonchev–Trinajstić information content (AvgIpc) is 2.87. The summed E-state index contributed by atoms with van der Waals surface area (Å²) in [5.41, 5.74) is 1.39. The molecule has 1 aromatic carbocycles. The molecular weight excluding hydrogens is 285 g/mol. The first-order valence-electron chi connectivity index (χ1n) is 7.06. The minimum Gasteiger partial charge on any atom is -0.399 e. The lowest BCUT2D eigenvalue weighted by atomic mass is 9.79. The van der Waals surface area contributed by atoms with Crippen molar-refractivity contribution in [1.82, 2.24) is 4.98 Å². The van der Waals surface area contributed by atoms with Crippen molar-refractivity contribution in [2.75, 3.05) is 7.11 Å². The van der Waals surface area contributed by atoms with Gasteiger partial charge in [-0.05, 0) is 45.3 Å². The van der Waals surface area contributed by atoms with Crippen LogP contribution in [-0.4, -0.2) is 30.4 Å². The van der Waals surface area contributed by atoms with E-state index in [0.717, 1.165) is 20.7 Å². The third-order valence-corrected chi connectivity index (χ3v) is 5.24. The van der Waals surface area contributed by atoms with Crippen molar-refractivity contribution in [3.8, 4) is 0 Å². The highest BCUT2D eigenvalue weighted by atomic mass is 32.1. The first-order valence-corrected chi connectivity index (χ1v) is 7.88. The smallest absolute Gasteiger partial charge is 0.399 e. The molecule has 112 valence electrons. The first-order chi connectivity index (χ1) is 9.82. The Kier molecular flexibility index (Phi) is 3.60. The Morgan fingerprint density at radius 3 is 2.48 bits per heavy atom. The number of fused-ring (bicyclic) bond motifs is 1. The Labute approximate surface area is 129 Å². The Hall–Kier alpha value is -0.945. The third-order valence-electron chi connectivity index (χ3n) is 4.25. The molecule has 3 rings (SSSR count). The molecule has 0 atom stereocenters. The number of thiazole rings is 1. The quantitative estimate of drug-likeness (QED) is 0.818. The largest absolute Gasteiger partial charge is 0.494 e. The predicted octanol–water partition coefficient (Wildman–Crippen LogP) is 2.74. The molecule has 1 aromatic heterocycles. The molecular formula is C15H20BNO3S. The molecule has 0 N–H and O–H groups in total. The van der Waals surface area contributed by atoms with Crippen molar-refractivity contribution >= 4 is 34.1 Å². The van der Waals surface area contributed by atoms with Gasteiger partial charge in [-0.3, -0.25) is 0 Å². The highest BCUT2D eigenvalue weighted by Crippen LogP contribution is 2.36. The molecule has 4 nitrogen and oxygen atoms in total. The molecule has 1 fully saturated rings. The van der Waals surface area contributed by atoms with Gasteiger partial charge in [0, 0.05) is 7.11 Å². The SMILES string of the molecule is COCc1nc2ccc(B3OC(C)(C)C(C)(C)O3)cc2s1. The Balaban J connectivity index is 1.91. The maximum Gasteiger partial charge on any atom is 0.494 e. The van der Waals surface area contributed by atoms with Crippen molar-refractivity contribution in [2.45, 2.75) is 45.5 Å². The Morgan fingerprint density at radius 1 is 1.19 bits per heavy atom. The Morgan fingerprint density at radius 2 is 1.86 bits per heavy atom. The van der Waals surface area contributed by atoms with E-state index < -0.39 is 0 Å². The number of aromatic nitrogens is 1. The molecule has 2 heterocycles. The summed E-state index contributed by atoms with van der Waals surface area (Å²) in [6, 6.07) is 6.15. The third kappa shape index (κ3) is 2.61. The van der Waals surface area contributed by atoms with Crippen LogP contribution >= 0.6 is 11.3 Å². The van der Waals surface area contributed by atoms with Gasteiger partial charge in [-0.1, -0.05) is 6.07 Å². The van der Waals surface area contributed by atoms with Crippen LogP contribution in [0.3, 0.4) is 0 Å². The zero-order chi connectivity index (χ0) is 15.3. The zero-order valence-electron chi connectivity index (χ0n) is 13.1. The minimum atomic E-state index is -0.327.